The molecule has 9 heteroatoms. The van der Waals surface area contributed by atoms with Crippen molar-refractivity contribution in [2.24, 2.45) is 5.92 Å². The summed E-state index contributed by atoms with van der Waals surface area (Å²) in [7, 11) is 1.50. The smallest absolute Gasteiger partial charge is 0.249 e. The van der Waals surface area contributed by atoms with Crippen molar-refractivity contribution in [3.63, 3.8) is 0 Å². The summed E-state index contributed by atoms with van der Waals surface area (Å²) in [5, 5.41) is 3.62. The lowest BCUT2D eigenvalue weighted by Crippen LogP contribution is -2.53. The Hall–Kier alpha value is -1.55. The number of nitrogens with one attached hydrogen (secondary N) is 1. The standard InChI is InChI=1S/C16H18BrFN2O5/c1-9(21)20-16(24-6-10-5-11(17)3-4-13(10)18)8-23-14(15(22)19-2)12(16)7-25-20/h3-5,12,14H,6-8H2,1-2H3,(H,19,22)/t12-,14+,16-/m1/s1. The molecule has 0 radical (unpaired) electrons. The Bertz CT molecular complexity index is 703. The van der Waals surface area contributed by atoms with E-state index in [1.165, 1.54) is 20.0 Å². The molecule has 2 fully saturated rings. The minimum Gasteiger partial charge on any atom is -0.363 e. The summed E-state index contributed by atoms with van der Waals surface area (Å²) in [5.74, 6) is -1.63. The van der Waals surface area contributed by atoms with E-state index in [0.717, 1.165) is 5.06 Å². The number of nitrogens with zero attached hydrogens (tertiary/aromatic N) is 1. The Morgan fingerprint density at radius 3 is 2.96 bits per heavy atom. The number of benzene rings is 1. The van der Waals surface area contributed by atoms with E-state index in [1.807, 2.05) is 0 Å². The Labute approximate surface area is 152 Å². The number of halogens is 2. The third-order valence-electron chi connectivity index (χ3n) is 4.42. The summed E-state index contributed by atoms with van der Waals surface area (Å²) >= 11 is 3.29. The maximum absolute atomic E-state index is 14.0. The average molecular weight is 417 g/mol. The van der Waals surface area contributed by atoms with Crippen molar-refractivity contribution in [1.29, 1.82) is 0 Å². The number of ether oxygens (including phenoxy) is 2. The molecule has 0 aliphatic carbocycles. The van der Waals surface area contributed by atoms with Gasteiger partial charge in [-0.2, -0.15) is 5.06 Å². The Balaban J connectivity index is 1.87. The largest absolute Gasteiger partial charge is 0.363 e. The molecule has 2 saturated heterocycles. The van der Waals surface area contributed by atoms with Gasteiger partial charge in [0.1, 0.15) is 11.9 Å². The number of hydrogen-bond acceptors (Lipinski definition) is 5. The number of hydrogen-bond donors (Lipinski definition) is 1. The average Bonchev–Trinajstić information content (AvgIpc) is 3.11. The van der Waals surface area contributed by atoms with Crippen LogP contribution in [0.1, 0.15) is 12.5 Å². The van der Waals surface area contributed by atoms with E-state index in [2.05, 4.69) is 21.2 Å². The van der Waals surface area contributed by atoms with Crippen LogP contribution in [0, 0.1) is 11.7 Å². The quantitative estimate of drug-likeness (QED) is 0.801. The zero-order valence-corrected chi connectivity index (χ0v) is 15.3. The van der Waals surface area contributed by atoms with Gasteiger partial charge in [-0.1, -0.05) is 15.9 Å². The minimum absolute atomic E-state index is 0.0368. The van der Waals surface area contributed by atoms with Gasteiger partial charge in [-0.15, -0.1) is 0 Å². The maximum atomic E-state index is 14.0. The van der Waals surface area contributed by atoms with Gasteiger partial charge < -0.3 is 14.8 Å². The number of amides is 2. The molecule has 3 rings (SSSR count). The van der Waals surface area contributed by atoms with Gasteiger partial charge in [0.25, 0.3) is 0 Å². The SMILES string of the molecule is CNC(=O)[C@H]1OC[C@@]2(OCc3cc(Br)ccc3F)[C@@H]1CON2C(C)=O. The molecule has 7 nitrogen and oxygen atoms in total. The zero-order valence-electron chi connectivity index (χ0n) is 13.8. The molecule has 136 valence electrons. The number of carbonyl (C=O) groups is 2. The lowest BCUT2D eigenvalue weighted by Gasteiger charge is -2.34. The lowest BCUT2D eigenvalue weighted by atomic mass is 9.94. The van der Waals surface area contributed by atoms with Gasteiger partial charge in [0.2, 0.25) is 11.8 Å². The monoisotopic (exact) mass is 416 g/mol. The van der Waals surface area contributed by atoms with Crippen LogP contribution in [0.3, 0.4) is 0 Å². The fraction of sp³-hybridized carbons (Fsp3) is 0.500. The fourth-order valence-electron chi connectivity index (χ4n) is 3.18. The van der Waals surface area contributed by atoms with E-state index in [-0.39, 0.29) is 31.6 Å². The Kier molecular flexibility index (Phi) is 5.10. The van der Waals surface area contributed by atoms with Crippen molar-refractivity contribution in [3.8, 4) is 0 Å². The van der Waals surface area contributed by atoms with E-state index >= 15 is 0 Å². The first kappa shape index (κ1) is 18.2. The van der Waals surface area contributed by atoms with Crippen LogP contribution in [0.4, 0.5) is 4.39 Å². The summed E-state index contributed by atoms with van der Waals surface area (Å²) in [6, 6.07) is 4.51. The molecule has 0 saturated carbocycles. The molecule has 2 amide bonds. The van der Waals surface area contributed by atoms with Gasteiger partial charge in [0.05, 0.1) is 25.7 Å². The van der Waals surface area contributed by atoms with Crippen molar-refractivity contribution < 1.29 is 28.3 Å². The first-order chi connectivity index (χ1) is 11.9. The first-order valence-corrected chi connectivity index (χ1v) is 8.53. The van der Waals surface area contributed by atoms with Crippen LogP contribution < -0.4 is 5.32 Å². The highest BCUT2D eigenvalue weighted by Gasteiger charge is 2.62. The van der Waals surface area contributed by atoms with Crippen molar-refractivity contribution in [3.05, 3.63) is 34.1 Å². The predicted octanol–water partition coefficient (Wildman–Crippen LogP) is 1.36. The van der Waals surface area contributed by atoms with Crippen LogP contribution in [0.2, 0.25) is 0 Å². The summed E-state index contributed by atoms with van der Waals surface area (Å²) in [6.07, 6.45) is -0.804. The van der Waals surface area contributed by atoms with Crippen LogP contribution in [0.15, 0.2) is 22.7 Å². The van der Waals surface area contributed by atoms with Gasteiger partial charge >= 0.3 is 0 Å². The molecular weight excluding hydrogens is 399 g/mol. The van der Waals surface area contributed by atoms with Gasteiger partial charge in [-0.05, 0) is 18.2 Å². The van der Waals surface area contributed by atoms with Crippen molar-refractivity contribution in [1.82, 2.24) is 10.4 Å². The number of likely N-dealkylation sites (N-methyl/N-ethyl adjacent to an activating group) is 1. The van der Waals surface area contributed by atoms with Crippen LogP contribution in [0.25, 0.3) is 0 Å². The maximum Gasteiger partial charge on any atom is 0.249 e. The van der Waals surface area contributed by atoms with Crippen LogP contribution in [-0.2, 0) is 30.5 Å². The van der Waals surface area contributed by atoms with Crippen molar-refractivity contribution >= 4 is 27.7 Å². The van der Waals surface area contributed by atoms with E-state index in [4.69, 9.17) is 14.3 Å². The highest BCUT2D eigenvalue weighted by Crippen LogP contribution is 2.43. The molecule has 2 aliphatic rings. The van der Waals surface area contributed by atoms with E-state index < -0.39 is 23.6 Å². The zero-order chi connectivity index (χ0) is 18.2. The summed E-state index contributed by atoms with van der Waals surface area (Å²) < 4.78 is 26.2. The van der Waals surface area contributed by atoms with Crippen LogP contribution >= 0.6 is 15.9 Å². The highest BCUT2D eigenvalue weighted by molar-refractivity contribution is 9.10. The molecule has 0 aromatic heterocycles. The van der Waals surface area contributed by atoms with Gasteiger partial charge in [-0.3, -0.25) is 14.4 Å². The third kappa shape index (κ3) is 3.17. The lowest BCUT2D eigenvalue weighted by molar-refractivity contribution is -0.254. The number of carbonyl (C=O) groups excluding carboxylic acids is 2. The minimum atomic E-state index is -1.27. The molecule has 1 N–H and O–H groups in total. The number of fused-ring (bicyclic) bond motifs is 1. The first-order valence-electron chi connectivity index (χ1n) is 7.74. The second-order valence-electron chi connectivity index (χ2n) is 5.93. The summed E-state index contributed by atoms with van der Waals surface area (Å²) in [6.45, 7) is 1.29. The molecule has 2 heterocycles. The number of rotatable bonds is 4. The molecule has 25 heavy (non-hydrogen) atoms. The Morgan fingerprint density at radius 2 is 2.28 bits per heavy atom. The van der Waals surface area contributed by atoms with E-state index in [1.54, 1.807) is 12.1 Å². The van der Waals surface area contributed by atoms with E-state index in [0.29, 0.717) is 10.0 Å². The predicted molar refractivity (Wildman–Crippen MR) is 87.4 cm³/mol. The topological polar surface area (TPSA) is 77.1 Å². The summed E-state index contributed by atoms with van der Waals surface area (Å²) in [4.78, 5) is 29.4. The Morgan fingerprint density at radius 1 is 1.52 bits per heavy atom. The van der Waals surface area contributed by atoms with Gasteiger partial charge in [0, 0.05) is 24.0 Å². The molecule has 1 aromatic rings. The fourth-order valence-corrected chi connectivity index (χ4v) is 3.59. The van der Waals surface area contributed by atoms with Gasteiger partial charge in [0.15, 0.2) is 5.72 Å². The second kappa shape index (κ2) is 6.99. The molecule has 0 unspecified atom stereocenters. The normalized spacial score (nSPS) is 28.1. The molecular formula is C16H18BrFN2O5. The van der Waals surface area contributed by atoms with Crippen molar-refractivity contribution in [2.75, 3.05) is 20.3 Å². The van der Waals surface area contributed by atoms with Crippen LogP contribution in [0.5, 0.6) is 0 Å². The van der Waals surface area contributed by atoms with Crippen LogP contribution in [-0.4, -0.2) is 49.0 Å². The molecule has 3 atom stereocenters. The molecule has 2 aliphatic heterocycles. The molecule has 0 spiro atoms. The molecule has 1 aromatic carbocycles. The molecule has 0 bridgehead atoms. The van der Waals surface area contributed by atoms with Gasteiger partial charge in [-0.25, -0.2) is 4.39 Å². The van der Waals surface area contributed by atoms with E-state index in [9.17, 15) is 14.0 Å². The van der Waals surface area contributed by atoms with Crippen molar-refractivity contribution in [2.45, 2.75) is 25.4 Å². The highest BCUT2D eigenvalue weighted by atomic mass is 79.9. The number of hydroxylamine groups is 2. The third-order valence-corrected chi connectivity index (χ3v) is 4.91. The second-order valence-corrected chi connectivity index (χ2v) is 6.85. The summed E-state index contributed by atoms with van der Waals surface area (Å²) in [5.41, 5.74) is -0.945.